The molecule has 3 rings (SSSR count). The number of carbonyl (C=O) groups is 1. The summed E-state index contributed by atoms with van der Waals surface area (Å²) >= 11 is 0. The van der Waals surface area contributed by atoms with Crippen molar-refractivity contribution in [2.24, 2.45) is 0 Å². The third kappa shape index (κ3) is 4.51. The summed E-state index contributed by atoms with van der Waals surface area (Å²) in [6.07, 6.45) is 0.437. The molecule has 0 radical (unpaired) electrons. The first-order valence-corrected chi connectivity index (χ1v) is 10.4. The SMILES string of the molecule is CNS(=O)(=O)c1cc(C2CC(C(=O)Nc3ccccc3OC)NN2)ccc1OC. The number of nitrogens with one attached hydrogen (secondary N) is 4. The predicted octanol–water partition coefficient (Wildman–Crippen LogP) is 1.16. The number of hydrazine groups is 1. The fourth-order valence-corrected chi connectivity index (χ4v) is 4.07. The molecule has 156 valence electrons. The van der Waals surface area contributed by atoms with Crippen molar-refractivity contribution in [3.8, 4) is 11.5 Å². The zero-order valence-electron chi connectivity index (χ0n) is 16.4. The second-order valence-corrected chi connectivity index (χ2v) is 8.29. The quantitative estimate of drug-likeness (QED) is 0.531. The molecule has 9 nitrogen and oxygen atoms in total. The van der Waals surface area contributed by atoms with Gasteiger partial charge in [-0.2, -0.15) is 0 Å². The first-order valence-electron chi connectivity index (χ1n) is 8.96. The molecule has 1 saturated heterocycles. The topological polar surface area (TPSA) is 118 Å². The molecule has 4 N–H and O–H groups in total. The Morgan fingerprint density at radius 1 is 1.07 bits per heavy atom. The monoisotopic (exact) mass is 420 g/mol. The minimum atomic E-state index is -3.69. The van der Waals surface area contributed by atoms with Crippen LogP contribution < -0.4 is 30.4 Å². The van der Waals surface area contributed by atoms with E-state index in [1.54, 1.807) is 30.3 Å². The van der Waals surface area contributed by atoms with E-state index in [4.69, 9.17) is 9.47 Å². The fourth-order valence-electron chi connectivity index (χ4n) is 3.14. The molecule has 2 unspecified atom stereocenters. The maximum Gasteiger partial charge on any atom is 0.244 e. The van der Waals surface area contributed by atoms with Crippen molar-refractivity contribution in [2.75, 3.05) is 26.6 Å². The van der Waals surface area contributed by atoms with Crippen LogP contribution in [0.25, 0.3) is 0 Å². The van der Waals surface area contributed by atoms with Gasteiger partial charge in [-0.3, -0.25) is 4.79 Å². The number of para-hydroxylation sites is 2. The van der Waals surface area contributed by atoms with Gasteiger partial charge in [-0.25, -0.2) is 24.0 Å². The summed E-state index contributed by atoms with van der Waals surface area (Å²) in [4.78, 5) is 12.7. The lowest BCUT2D eigenvalue weighted by atomic mass is 10.0. The van der Waals surface area contributed by atoms with Crippen LogP contribution in [0.15, 0.2) is 47.4 Å². The molecule has 0 saturated carbocycles. The zero-order valence-corrected chi connectivity index (χ0v) is 17.2. The van der Waals surface area contributed by atoms with Gasteiger partial charge >= 0.3 is 0 Å². The van der Waals surface area contributed by atoms with Crippen LogP contribution in [0.3, 0.4) is 0 Å². The molecule has 1 heterocycles. The summed E-state index contributed by atoms with van der Waals surface area (Å²) in [5, 5.41) is 2.85. The number of carbonyl (C=O) groups excluding carboxylic acids is 1. The van der Waals surface area contributed by atoms with Crippen LogP contribution in [0.2, 0.25) is 0 Å². The van der Waals surface area contributed by atoms with Gasteiger partial charge in [0, 0.05) is 6.04 Å². The van der Waals surface area contributed by atoms with Crippen molar-refractivity contribution in [1.29, 1.82) is 0 Å². The second-order valence-electron chi connectivity index (χ2n) is 6.44. The Kier molecular flexibility index (Phi) is 6.38. The highest BCUT2D eigenvalue weighted by molar-refractivity contribution is 7.89. The highest BCUT2D eigenvalue weighted by atomic mass is 32.2. The normalized spacial score (nSPS) is 19.0. The fraction of sp³-hybridized carbons (Fsp3) is 0.316. The Bertz CT molecular complexity index is 996. The van der Waals surface area contributed by atoms with Gasteiger partial charge in [-0.1, -0.05) is 18.2 Å². The third-order valence-electron chi connectivity index (χ3n) is 4.73. The van der Waals surface area contributed by atoms with Crippen molar-refractivity contribution >= 4 is 21.6 Å². The summed E-state index contributed by atoms with van der Waals surface area (Å²) in [7, 11) is 0.607. The number of hydrogen-bond donors (Lipinski definition) is 4. The Labute approximate surface area is 169 Å². The molecule has 0 aliphatic carbocycles. The minimum absolute atomic E-state index is 0.0451. The molecular weight excluding hydrogens is 396 g/mol. The summed E-state index contributed by atoms with van der Waals surface area (Å²) < 4.78 is 37.3. The largest absolute Gasteiger partial charge is 0.495 e. The molecule has 2 aromatic rings. The molecule has 1 aliphatic rings. The summed E-state index contributed by atoms with van der Waals surface area (Å²) in [6.45, 7) is 0. The second kappa shape index (κ2) is 8.78. The van der Waals surface area contributed by atoms with Crippen LogP contribution in [0, 0.1) is 0 Å². The average molecular weight is 420 g/mol. The molecule has 2 aromatic carbocycles. The molecule has 29 heavy (non-hydrogen) atoms. The lowest BCUT2D eigenvalue weighted by molar-refractivity contribution is -0.117. The minimum Gasteiger partial charge on any atom is -0.495 e. The first-order chi connectivity index (χ1) is 13.9. The number of hydrogen-bond acceptors (Lipinski definition) is 7. The van der Waals surface area contributed by atoms with Crippen LogP contribution in [0.4, 0.5) is 5.69 Å². The molecule has 0 bridgehead atoms. The lowest BCUT2D eigenvalue weighted by Gasteiger charge is -2.15. The molecule has 1 amide bonds. The molecule has 0 aromatic heterocycles. The number of ether oxygens (including phenoxy) is 2. The molecule has 0 spiro atoms. The van der Waals surface area contributed by atoms with Gasteiger partial charge in [0.15, 0.2) is 0 Å². The van der Waals surface area contributed by atoms with Crippen molar-refractivity contribution in [1.82, 2.24) is 15.6 Å². The standard InChI is InChI=1S/C19H24N4O5S/c1-20-29(25,26)18-10-12(8-9-17(18)28-3)14-11-15(23-22-14)19(24)21-13-6-4-5-7-16(13)27-2/h4-10,14-15,20,22-23H,11H2,1-3H3,(H,21,24). The van der Waals surface area contributed by atoms with E-state index < -0.39 is 16.1 Å². The van der Waals surface area contributed by atoms with E-state index in [0.717, 1.165) is 5.56 Å². The van der Waals surface area contributed by atoms with Gasteiger partial charge in [0.25, 0.3) is 0 Å². The number of amides is 1. The Morgan fingerprint density at radius 3 is 2.48 bits per heavy atom. The van der Waals surface area contributed by atoms with E-state index in [0.29, 0.717) is 17.9 Å². The van der Waals surface area contributed by atoms with Crippen LogP contribution >= 0.6 is 0 Å². The van der Waals surface area contributed by atoms with Crippen LogP contribution in [-0.2, 0) is 14.8 Å². The van der Waals surface area contributed by atoms with Crippen LogP contribution in [0.1, 0.15) is 18.0 Å². The highest BCUT2D eigenvalue weighted by Crippen LogP contribution is 2.31. The van der Waals surface area contributed by atoms with E-state index in [-0.39, 0.29) is 22.6 Å². The maximum atomic E-state index is 12.6. The zero-order chi connectivity index (χ0) is 21.0. The van der Waals surface area contributed by atoms with Crippen molar-refractivity contribution < 1.29 is 22.7 Å². The predicted molar refractivity (Wildman–Crippen MR) is 108 cm³/mol. The van der Waals surface area contributed by atoms with Gasteiger partial charge in [0.1, 0.15) is 22.4 Å². The van der Waals surface area contributed by atoms with Gasteiger partial charge < -0.3 is 14.8 Å². The number of sulfonamides is 1. The Hall–Kier alpha value is -2.66. The van der Waals surface area contributed by atoms with Gasteiger partial charge in [-0.05, 0) is 43.3 Å². The molecule has 1 aliphatic heterocycles. The van der Waals surface area contributed by atoms with E-state index in [2.05, 4.69) is 20.9 Å². The van der Waals surface area contributed by atoms with Crippen molar-refractivity contribution in [3.05, 3.63) is 48.0 Å². The number of anilines is 1. The van der Waals surface area contributed by atoms with E-state index >= 15 is 0 Å². The Morgan fingerprint density at radius 2 is 1.79 bits per heavy atom. The molecule has 1 fully saturated rings. The first kappa shape index (κ1) is 21.1. The van der Waals surface area contributed by atoms with E-state index in [1.807, 2.05) is 12.1 Å². The summed E-state index contributed by atoms with van der Waals surface area (Å²) in [6, 6.07) is 11.3. The van der Waals surface area contributed by atoms with E-state index in [9.17, 15) is 13.2 Å². The number of rotatable bonds is 7. The van der Waals surface area contributed by atoms with Crippen LogP contribution in [0.5, 0.6) is 11.5 Å². The van der Waals surface area contributed by atoms with E-state index in [1.165, 1.54) is 21.3 Å². The highest BCUT2D eigenvalue weighted by Gasteiger charge is 2.31. The van der Waals surface area contributed by atoms with Gasteiger partial charge in [-0.15, -0.1) is 0 Å². The molecule has 10 heteroatoms. The lowest BCUT2D eigenvalue weighted by Crippen LogP contribution is -2.39. The van der Waals surface area contributed by atoms with Crippen molar-refractivity contribution in [3.63, 3.8) is 0 Å². The maximum absolute atomic E-state index is 12.6. The smallest absolute Gasteiger partial charge is 0.244 e. The third-order valence-corrected chi connectivity index (χ3v) is 6.17. The summed E-state index contributed by atoms with van der Waals surface area (Å²) in [5.74, 6) is 0.598. The molecule has 2 atom stereocenters. The van der Waals surface area contributed by atoms with Gasteiger partial charge in [0.05, 0.1) is 19.9 Å². The van der Waals surface area contributed by atoms with Crippen LogP contribution in [-0.4, -0.2) is 41.6 Å². The summed E-state index contributed by atoms with van der Waals surface area (Å²) in [5.41, 5.74) is 7.32. The molecular formula is C19H24N4O5S. The average Bonchev–Trinajstić information content (AvgIpc) is 3.24. The number of methoxy groups -OCH3 is 2. The van der Waals surface area contributed by atoms with Crippen molar-refractivity contribution in [2.45, 2.75) is 23.4 Å². The number of benzene rings is 2. The van der Waals surface area contributed by atoms with Gasteiger partial charge in [0.2, 0.25) is 15.9 Å². The Balaban J connectivity index is 1.75.